The molecule has 0 radical (unpaired) electrons. The van der Waals surface area contributed by atoms with E-state index in [0.717, 1.165) is 19.1 Å². The maximum absolute atomic E-state index is 14.5. The largest absolute Gasteiger partial charge is 0.334 e. The quantitative estimate of drug-likeness (QED) is 0.797. The van der Waals surface area contributed by atoms with Crippen LogP contribution in [0, 0.1) is 5.82 Å². The maximum atomic E-state index is 14.5. The van der Waals surface area contributed by atoms with Gasteiger partial charge in [0.2, 0.25) is 0 Å². The highest BCUT2D eigenvalue weighted by Crippen LogP contribution is 2.27. The Labute approximate surface area is 150 Å². The van der Waals surface area contributed by atoms with E-state index in [-0.39, 0.29) is 24.0 Å². The summed E-state index contributed by atoms with van der Waals surface area (Å²) in [5.41, 5.74) is -0.210. The fourth-order valence-corrected chi connectivity index (χ4v) is 4.08. The molecule has 0 aromatic heterocycles. The molecule has 0 bridgehead atoms. The molecule has 0 aliphatic carbocycles. The van der Waals surface area contributed by atoms with E-state index in [0.29, 0.717) is 17.6 Å². The Kier molecular flexibility index (Phi) is 7.00. The third-order valence-electron chi connectivity index (χ3n) is 3.71. The van der Waals surface area contributed by atoms with Crippen LogP contribution in [0.3, 0.4) is 0 Å². The van der Waals surface area contributed by atoms with Gasteiger partial charge in [0.1, 0.15) is 4.90 Å². The Morgan fingerprint density at radius 3 is 2.70 bits per heavy atom. The Bertz CT molecular complexity index is 700. The van der Waals surface area contributed by atoms with Gasteiger partial charge in [-0.1, -0.05) is 15.9 Å². The Morgan fingerprint density at radius 1 is 1.48 bits per heavy atom. The number of benzene rings is 1. The maximum Gasteiger partial charge on any atom is 0.257 e. The normalized spacial score (nSPS) is 17.9. The molecule has 1 aromatic carbocycles. The van der Waals surface area contributed by atoms with Crippen molar-refractivity contribution in [3.63, 3.8) is 0 Å². The second kappa shape index (κ2) is 7.92. The third kappa shape index (κ3) is 4.43. The van der Waals surface area contributed by atoms with Gasteiger partial charge in [-0.25, -0.2) is 12.8 Å². The van der Waals surface area contributed by atoms with Crippen LogP contribution in [0.2, 0.25) is 0 Å². The summed E-state index contributed by atoms with van der Waals surface area (Å²) in [5.74, 6) is -1.45. The van der Waals surface area contributed by atoms with Crippen molar-refractivity contribution in [1.29, 1.82) is 0 Å². The number of carbonyl (C=O) groups excluding carboxylic acids is 1. The SMILES string of the molecule is CNCC1CCCN1C(=O)c1cc(Br)cc(S(C)(=O)=O)c1F.Cl. The van der Waals surface area contributed by atoms with E-state index in [1.165, 1.54) is 12.1 Å². The number of hydrogen-bond donors (Lipinski definition) is 1. The van der Waals surface area contributed by atoms with Crippen molar-refractivity contribution in [2.24, 2.45) is 0 Å². The molecule has 1 aromatic rings. The highest BCUT2D eigenvalue weighted by atomic mass is 79.9. The summed E-state index contributed by atoms with van der Waals surface area (Å²) in [6.07, 6.45) is 2.62. The van der Waals surface area contributed by atoms with Gasteiger partial charge in [-0.2, -0.15) is 0 Å². The summed E-state index contributed by atoms with van der Waals surface area (Å²) in [5, 5.41) is 3.01. The molecule has 1 aliphatic rings. The smallest absolute Gasteiger partial charge is 0.257 e. The molecule has 1 unspecified atom stereocenters. The van der Waals surface area contributed by atoms with E-state index in [4.69, 9.17) is 0 Å². The summed E-state index contributed by atoms with van der Waals surface area (Å²) in [6, 6.07) is 2.51. The number of sulfone groups is 1. The molecule has 9 heteroatoms. The molecular formula is C14H19BrClFN2O3S. The first-order chi connectivity index (χ1) is 10.3. The molecule has 1 amide bonds. The summed E-state index contributed by atoms with van der Waals surface area (Å²) < 4.78 is 38.2. The van der Waals surface area contributed by atoms with Gasteiger partial charge >= 0.3 is 0 Å². The van der Waals surface area contributed by atoms with Crippen molar-refractivity contribution >= 4 is 44.1 Å². The molecule has 0 spiro atoms. The highest BCUT2D eigenvalue weighted by molar-refractivity contribution is 9.10. The first-order valence-electron chi connectivity index (χ1n) is 6.90. The van der Waals surface area contributed by atoms with Crippen molar-refractivity contribution in [2.75, 3.05) is 26.4 Å². The molecule has 1 atom stereocenters. The van der Waals surface area contributed by atoms with Crippen LogP contribution in [0.5, 0.6) is 0 Å². The Hall–Kier alpha value is -0.700. The van der Waals surface area contributed by atoms with Gasteiger partial charge in [0, 0.05) is 29.9 Å². The zero-order valence-electron chi connectivity index (χ0n) is 12.8. The molecule has 2 rings (SSSR count). The first kappa shape index (κ1) is 20.3. The minimum Gasteiger partial charge on any atom is -0.334 e. The molecule has 1 aliphatic heterocycles. The fraction of sp³-hybridized carbons (Fsp3) is 0.500. The van der Waals surface area contributed by atoms with Crippen LogP contribution in [0.15, 0.2) is 21.5 Å². The molecule has 0 saturated carbocycles. The summed E-state index contributed by atoms with van der Waals surface area (Å²) >= 11 is 3.15. The fourth-order valence-electron chi connectivity index (χ4n) is 2.70. The summed E-state index contributed by atoms with van der Waals surface area (Å²) in [4.78, 5) is 13.8. The van der Waals surface area contributed by atoms with Crippen molar-refractivity contribution < 1.29 is 17.6 Å². The van der Waals surface area contributed by atoms with Crippen LogP contribution in [-0.2, 0) is 9.84 Å². The minimum atomic E-state index is -3.75. The average Bonchev–Trinajstić information content (AvgIpc) is 2.87. The number of rotatable bonds is 4. The van der Waals surface area contributed by atoms with Crippen LogP contribution < -0.4 is 5.32 Å². The zero-order chi connectivity index (χ0) is 16.5. The van der Waals surface area contributed by atoms with Gasteiger partial charge in [-0.15, -0.1) is 12.4 Å². The number of likely N-dealkylation sites (tertiary alicyclic amines) is 1. The Balaban J connectivity index is 0.00000264. The molecule has 5 nitrogen and oxygen atoms in total. The van der Waals surface area contributed by atoms with E-state index < -0.39 is 26.5 Å². The summed E-state index contributed by atoms with van der Waals surface area (Å²) in [6.45, 7) is 1.17. The number of carbonyl (C=O) groups is 1. The molecule has 1 saturated heterocycles. The number of likely N-dealkylation sites (N-methyl/N-ethyl adjacent to an activating group) is 1. The number of nitrogens with zero attached hydrogens (tertiary/aromatic N) is 1. The van der Waals surface area contributed by atoms with Gasteiger partial charge in [-0.05, 0) is 32.0 Å². The lowest BCUT2D eigenvalue weighted by Gasteiger charge is -2.25. The second-order valence-electron chi connectivity index (χ2n) is 5.39. The van der Waals surface area contributed by atoms with E-state index in [9.17, 15) is 17.6 Å². The van der Waals surface area contributed by atoms with Crippen LogP contribution in [0.1, 0.15) is 23.2 Å². The highest BCUT2D eigenvalue weighted by Gasteiger charge is 2.32. The Morgan fingerprint density at radius 2 is 2.13 bits per heavy atom. The van der Waals surface area contributed by atoms with Crippen LogP contribution in [-0.4, -0.2) is 51.7 Å². The van der Waals surface area contributed by atoms with E-state index in [1.807, 2.05) is 0 Å². The second-order valence-corrected chi connectivity index (χ2v) is 8.29. The van der Waals surface area contributed by atoms with Crippen LogP contribution in [0.4, 0.5) is 4.39 Å². The van der Waals surface area contributed by atoms with Crippen LogP contribution >= 0.6 is 28.3 Å². The number of halogens is 3. The third-order valence-corrected chi connectivity index (χ3v) is 5.27. The number of amides is 1. The van der Waals surface area contributed by atoms with Gasteiger partial charge in [0.25, 0.3) is 5.91 Å². The zero-order valence-corrected chi connectivity index (χ0v) is 16.0. The van der Waals surface area contributed by atoms with Crippen molar-refractivity contribution in [2.45, 2.75) is 23.8 Å². The summed E-state index contributed by atoms with van der Waals surface area (Å²) in [7, 11) is -1.95. The topological polar surface area (TPSA) is 66.5 Å². The lowest BCUT2D eigenvalue weighted by atomic mass is 10.1. The van der Waals surface area contributed by atoms with E-state index in [1.54, 1.807) is 11.9 Å². The van der Waals surface area contributed by atoms with E-state index >= 15 is 0 Å². The molecule has 130 valence electrons. The molecular weight excluding hydrogens is 411 g/mol. The van der Waals surface area contributed by atoms with Gasteiger partial charge in [0.05, 0.1) is 5.56 Å². The minimum absolute atomic E-state index is 0. The molecule has 1 fully saturated rings. The van der Waals surface area contributed by atoms with E-state index in [2.05, 4.69) is 21.2 Å². The monoisotopic (exact) mass is 428 g/mol. The van der Waals surface area contributed by atoms with Crippen molar-refractivity contribution in [3.8, 4) is 0 Å². The lowest BCUT2D eigenvalue weighted by Crippen LogP contribution is -2.41. The molecule has 1 N–H and O–H groups in total. The predicted molar refractivity (Wildman–Crippen MR) is 92.4 cm³/mol. The van der Waals surface area contributed by atoms with Gasteiger partial charge in [0.15, 0.2) is 15.7 Å². The van der Waals surface area contributed by atoms with Crippen molar-refractivity contribution in [1.82, 2.24) is 10.2 Å². The lowest BCUT2D eigenvalue weighted by molar-refractivity contribution is 0.0731. The van der Waals surface area contributed by atoms with Crippen molar-refractivity contribution in [3.05, 3.63) is 28.0 Å². The molecule has 23 heavy (non-hydrogen) atoms. The van der Waals surface area contributed by atoms with Gasteiger partial charge in [-0.3, -0.25) is 4.79 Å². The molecule has 1 heterocycles. The standard InChI is InChI=1S/C14H18BrFN2O3S.ClH/c1-17-8-10-4-3-5-18(10)14(19)11-6-9(15)7-12(13(11)16)22(2,20)21;/h6-7,10,17H,3-5,8H2,1-2H3;1H. The number of hydrogen-bond acceptors (Lipinski definition) is 4. The predicted octanol–water partition coefficient (Wildman–Crippen LogP) is 2.24. The average molecular weight is 430 g/mol. The first-order valence-corrected chi connectivity index (χ1v) is 9.58. The van der Waals surface area contributed by atoms with Crippen LogP contribution in [0.25, 0.3) is 0 Å². The van der Waals surface area contributed by atoms with Gasteiger partial charge < -0.3 is 10.2 Å². The number of nitrogens with one attached hydrogen (secondary N) is 1.